The molecule has 0 atom stereocenters. The number of rotatable bonds is 2. The van der Waals surface area contributed by atoms with E-state index in [1.54, 1.807) is 0 Å². The van der Waals surface area contributed by atoms with Crippen LogP contribution >= 0.6 is 0 Å². The average Bonchev–Trinajstić information content (AvgIpc) is 2.60. The van der Waals surface area contributed by atoms with Crippen molar-refractivity contribution in [1.82, 2.24) is 14.9 Å². The molecule has 0 unspecified atom stereocenters. The standard InChI is InChI=1S/C14H15N3O.2C2H6/c18-14-12-9-17(7-6-13(12)15-10-16-14)8-11-4-2-1-3-5-11;2*1-2/h1-5,10H,6-9H2,(H,15,16,18);2*1-2H3. The lowest BCUT2D eigenvalue weighted by Crippen LogP contribution is -2.34. The first-order valence-electron chi connectivity index (χ1n) is 8.14. The Morgan fingerprint density at radius 1 is 1.14 bits per heavy atom. The van der Waals surface area contributed by atoms with E-state index in [0.29, 0.717) is 6.54 Å². The molecule has 120 valence electrons. The summed E-state index contributed by atoms with van der Waals surface area (Å²) in [7, 11) is 0. The lowest BCUT2D eigenvalue weighted by Gasteiger charge is -2.27. The maximum Gasteiger partial charge on any atom is 0.255 e. The molecule has 3 rings (SSSR count). The number of H-pyrrole nitrogens is 1. The molecule has 1 aliphatic rings. The summed E-state index contributed by atoms with van der Waals surface area (Å²) in [5.41, 5.74) is 3.04. The highest BCUT2D eigenvalue weighted by atomic mass is 16.1. The van der Waals surface area contributed by atoms with Gasteiger partial charge in [0, 0.05) is 26.1 Å². The Balaban J connectivity index is 0.000000561. The smallest absolute Gasteiger partial charge is 0.255 e. The van der Waals surface area contributed by atoms with Crippen LogP contribution in [-0.4, -0.2) is 21.4 Å². The molecule has 22 heavy (non-hydrogen) atoms. The number of aromatic nitrogens is 2. The van der Waals surface area contributed by atoms with E-state index in [1.807, 2.05) is 45.9 Å². The largest absolute Gasteiger partial charge is 0.313 e. The number of nitrogens with one attached hydrogen (secondary N) is 1. The lowest BCUT2D eigenvalue weighted by molar-refractivity contribution is 0.241. The van der Waals surface area contributed by atoms with Gasteiger partial charge in [-0.2, -0.15) is 0 Å². The predicted octanol–water partition coefficient (Wildman–Crippen LogP) is 3.38. The highest BCUT2D eigenvalue weighted by molar-refractivity contribution is 5.20. The highest BCUT2D eigenvalue weighted by Crippen LogP contribution is 2.15. The molecule has 0 radical (unpaired) electrons. The molecule has 4 nitrogen and oxygen atoms in total. The van der Waals surface area contributed by atoms with Crippen molar-refractivity contribution >= 4 is 0 Å². The minimum Gasteiger partial charge on any atom is -0.313 e. The zero-order valence-electron chi connectivity index (χ0n) is 14.1. The van der Waals surface area contributed by atoms with Gasteiger partial charge in [-0.1, -0.05) is 58.0 Å². The van der Waals surface area contributed by atoms with Crippen molar-refractivity contribution in [3.8, 4) is 0 Å². The van der Waals surface area contributed by atoms with Gasteiger partial charge in [0.2, 0.25) is 0 Å². The lowest BCUT2D eigenvalue weighted by atomic mass is 10.1. The number of fused-ring (bicyclic) bond motifs is 1. The quantitative estimate of drug-likeness (QED) is 0.925. The summed E-state index contributed by atoms with van der Waals surface area (Å²) in [5.74, 6) is 0. The summed E-state index contributed by atoms with van der Waals surface area (Å²) in [6.07, 6.45) is 2.35. The fourth-order valence-electron chi connectivity index (χ4n) is 2.39. The molecule has 0 saturated heterocycles. The van der Waals surface area contributed by atoms with Crippen LogP contribution in [-0.2, 0) is 19.5 Å². The molecule has 0 aliphatic carbocycles. The first kappa shape index (κ1) is 18.1. The van der Waals surface area contributed by atoms with E-state index >= 15 is 0 Å². The van der Waals surface area contributed by atoms with Gasteiger partial charge in [0.15, 0.2) is 0 Å². The maximum absolute atomic E-state index is 11.7. The van der Waals surface area contributed by atoms with Crippen LogP contribution < -0.4 is 5.56 Å². The molecule has 1 aromatic carbocycles. The summed E-state index contributed by atoms with van der Waals surface area (Å²) >= 11 is 0. The van der Waals surface area contributed by atoms with Crippen molar-refractivity contribution in [3.63, 3.8) is 0 Å². The molecule has 0 bridgehead atoms. The van der Waals surface area contributed by atoms with Crippen LogP contribution in [0.3, 0.4) is 0 Å². The Morgan fingerprint density at radius 2 is 1.82 bits per heavy atom. The number of benzene rings is 1. The summed E-state index contributed by atoms with van der Waals surface area (Å²) < 4.78 is 0. The molecule has 0 fully saturated rings. The SMILES string of the molecule is CC.CC.O=c1[nH]cnc2c1CN(Cc1ccccc1)CC2. The van der Waals surface area contributed by atoms with Gasteiger partial charge < -0.3 is 4.98 Å². The Morgan fingerprint density at radius 3 is 2.50 bits per heavy atom. The molecule has 1 aromatic heterocycles. The highest BCUT2D eigenvalue weighted by Gasteiger charge is 2.19. The van der Waals surface area contributed by atoms with Gasteiger partial charge >= 0.3 is 0 Å². The van der Waals surface area contributed by atoms with Crippen molar-refractivity contribution < 1.29 is 0 Å². The van der Waals surface area contributed by atoms with E-state index in [1.165, 1.54) is 11.9 Å². The van der Waals surface area contributed by atoms with Gasteiger partial charge in [-0.3, -0.25) is 9.69 Å². The second-order valence-corrected chi connectivity index (χ2v) is 4.60. The van der Waals surface area contributed by atoms with Gasteiger partial charge in [-0.15, -0.1) is 0 Å². The summed E-state index contributed by atoms with van der Waals surface area (Å²) in [4.78, 5) is 20.9. The van der Waals surface area contributed by atoms with E-state index < -0.39 is 0 Å². The van der Waals surface area contributed by atoms with E-state index in [-0.39, 0.29) is 5.56 Å². The summed E-state index contributed by atoms with van der Waals surface area (Å²) in [5, 5.41) is 0. The van der Waals surface area contributed by atoms with Gasteiger partial charge in [0.25, 0.3) is 5.56 Å². The first-order valence-corrected chi connectivity index (χ1v) is 8.14. The Kier molecular flexibility index (Phi) is 8.15. The molecule has 0 amide bonds. The third-order valence-electron chi connectivity index (χ3n) is 3.33. The zero-order valence-corrected chi connectivity index (χ0v) is 14.1. The van der Waals surface area contributed by atoms with Crippen LogP contribution in [0.4, 0.5) is 0 Å². The summed E-state index contributed by atoms with van der Waals surface area (Å²) in [6, 6.07) is 10.3. The van der Waals surface area contributed by atoms with Crippen molar-refractivity contribution in [1.29, 1.82) is 0 Å². The number of aromatic amines is 1. The minimum absolute atomic E-state index is 0.00207. The fourth-order valence-corrected chi connectivity index (χ4v) is 2.39. The van der Waals surface area contributed by atoms with Crippen LogP contribution in [0.1, 0.15) is 44.5 Å². The van der Waals surface area contributed by atoms with E-state index in [4.69, 9.17) is 0 Å². The van der Waals surface area contributed by atoms with Crippen molar-refractivity contribution in [3.05, 3.63) is 63.8 Å². The topological polar surface area (TPSA) is 49.0 Å². The maximum atomic E-state index is 11.7. The number of hydrogen-bond donors (Lipinski definition) is 1. The van der Waals surface area contributed by atoms with E-state index in [0.717, 1.165) is 30.8 Å². The first-order chi connectivity index (χ1) is 10.8. The van der Waals surface area contributed by atoms with Crippen molar-refractivity contribution in [2.75, 3.05) is 6.54 Å². The van der Waals surface area contributed by atoms with Gasteiger partial charge in [0.1, 0.15) is 0 Å². The van der Waals surface area contributed by atoms with Crippen molar-refractivity contribution in [2.24, 2.45) is 0 Å². The molecule has 1 N–H and O–H groups in total. The Hall–Kier alpha value is -1.94. The Labute approximate surface area is 133 Å². The van der Waals surface area contributed by atoms with Gasteiger partial charge in [-0.05, 0) is 5.56 Å². The third kappa shape index (κ3) is 4.81. The molecule has 2 aromatic rings. The van der Waals surface area contributed by atoms with Gasteiger partial charge in [0.05, 0.1) is 17.6 Å². The van der Waals surface area contributed by atoms with Gasteiger partial charge in [-0.25, -0.2) is 4.98 Å². The Bertz CT molecular complexity index is 593. The molecule has 2 heterocycles. The molecule has 4 heteroatoms. The molecular weight excluding hydrogens is 274 g/mol. The monoisotopic (exact) mass is 301 g/mol. The molecular formula is C18H27N3O. The van der Waals surface area contributed by atoms with Crippen LogP contribution in [0.5, 0.6) is 0 Å². The number of nitrogens with zero attached hydrogens (tertiary/aromatic N) is 2. The fraction of sp³-hybridized carbons (Fsp3) is 0.444. The van der Waals surface area contributed by atoms with Crippen molar-refractivity contribution in [2.45, 2.75) is 47.2 Å². The van der Waals surface area contributed by atoms with E-state index in [2.05, 4.69) is 27.0 Å². The predicted molar refractivity (Wildman–Crippen MR) is 91.8 cm³/mol. The average molecular weight is 301 g/mol. The van der Waals surface area contributed by atoms with Crippen LogP contribution in [0, 0.1) is 0 Å². The molecule has 0 spiro atoms. The zero-order chi connectivity index (χ0) is 16.4. The van der Waals surface area contributed by atoms with Crippen LogP contribution in [0.2, 0.25) is 0 Å². The normalized spacial score (nSPS) is 13.1. The third-order valence-corrected chi connectivity index (χ3v) is 3.33. The number of hydrogen-bond acceptors (Lipinski definition) is 3. The van der Waals surface area contributed by atoms with E-state index in [9.17, 15) is 4.79 Å². The molecule has 1 aliphatic heterocycles. The molecule has 0 saturated carbocycles. The second kappa shape index (κ2) is 9.90. The van der Waals surface area contributed by atoms with Crippen LogP contribution in [0.25, 0.3) is 0 Å². The second-order valence-electron chi connectivity index (χ2n) is 4.60. The van der Waals surface area contributed by atoms with Crippen LogP contribution in [0.15, 0.2) is 41.5 Å². The minimum atomic E-state index is -0.00207. The summed E-state index contributed by atoms with van der Waals surface area (Å²) in [6.45, 7) is 10.5.